The Morgan fingerprint density at radius 3 is 2.75 bits per heavy atom. The van der Waals surface area contributed by atoms with Gasteiger partial charge in [-0.3, -0.25) is 4.79 Å². The summed E-state index contributed by atoms with van der Waals surface area (Å²) in [5, 5.41) is 0.992. The molecule has 1 saturated heterocycles. The van der Waals surface area contributed by atoms with Crippen molar-refractivity contribution in [1.82, 2.24) is 4.90 Å². The first kappa shape index (κ1) is 15.7. The van der Waals surface area contributed by atoms with Crippen LogP contribution in [0, 0.1) is 0 Å². The lowest BCUT2D eigenvalue weighted by Gasteiger charge is -2.27. The maximum absolute atomic E-state index is 12.5. The van der Waals surface area contributed by atoms with Gasteiger partial charge in [0.15, 0.2) is 0 Å². The number of likely N-dealkylation sites (tertiary alicyclic amines) is 1. The van der Waals surface area contributed by atoms with Crippen LogP contribution in [0.1, 0.15) is 36.0 Å². The first-order valence-corrected chi connectivity index (χ1v) is 9.20. The van der Waals surface area contributed by atoms with Crippen LogP contribution in [-0.4, -0.2) is 35.0 Å². The van der Waals surface area contributed by atoms with Gasteiger partial charge in [0, 0.05) is 34.6 Å². The highest BCUT2D eigenvalue weighted by molar-refractivity contribution is 9.09. The Labute approximate surface area is 133 Å². The van der Waals surface area contributed by atoms with E-state index in [1.54, 1.807) is 11.8 Å². The second-order valence-electron chi connectivity index (χ2n) is 5.00. The van der Waals surface area contributed by atoms with Crippen molar-refractivity contribution in [3.63, 3.8) is 0 Å². The van der Waals surface area contributed by atoms with E-state index in [0.717, 1.165) is 59.6 Å². The molecule has 1 heterocycles. The Balaban J connectivity index is 2.07. The van der Waals surface area contributed by atoms with Gasteiger partial charge in [-0.2, -0.15) is 0 Å². The van der Waals surface area contributed by atoms with Gasteiger partial charge >= 0.3 is 0 Å². The van der Waals surface area contributed by atoms with Crippen molar-refractivity contribution in [2.75, 3.05) is 29.9 Å². The van der Waals surface area contributed by atoms with Crippen molar-refractivity contribution in [3.05, 3.63) is 23.8 Å². The lowest BCUT2D eigenvalue weighted by Crippen LogP contribution is -2.35. The third-order valence-corrected chi connectivity index (χ3v) is 5.16. The number of rotatable bonds is 5. The van der Waals surface area contributed by atoms with Gasteiger partial charge < -0.3 is 10.6 Å². The van der Waals surface area contributed by atoms with Crippen molar-refractivity contribution in [2.24, 2.45) is 0 Å². The van der Waals surface area contributed by atoms with E-state index < -0.39 is 0 Å². The number of nitrogen functional groups attached to an aromatic ring is 1. The van der Waals surface area contributed by atoms with Crippen LogP contribution in [-0.2, 0) is 0 Å². The molecule has 1 fully saturated rings. The number of carbonyl (C=O) groups excluding carboxylic acids is 1. The molecule has 0 atom stereocenters. The van der Waals surface area contributed by atoms with E-state index in [9.17, 15) is 4.79 Å². The zero-order valence-corrected chi connectivity index (χ0v) is 14.0. The van der Waals surface area contributed by atoms with Crippen molar-refractivity contribution in [1.29, 1.82) is 0 Å². The lowest BCUT2D eigenvalue weighted by molar-refractivity contribution is 0.0724. The normalized spacial score (nSPS) is 15.3. The minimum absolute atomic E-state index is 0.145. The molecule has 1 aromatic rings. The zero-order valence-electron chi connectivity index (χ0n) is 11.6. The highest BCUT2D eigenvalue weighted by Crippen LogP contribution is 2.27. The molecule has 20 heavy (non-hydrogen) atoms. The largest absolute Gasteiger partial charge is 0.398 e. The summed E-state index contributed by atoms with van der Waals surface area (Å²) < 4.78 is 0. The second kappa shape index (κ2) is 7.93. The Bertz CT molecular complexity index is 461. The molecule has 0 saturated carbocycles. The van der Waals surface area contributed by atoms with Crippen LogP contribution in [0.25, 0.3) is 0 Å². The van der Waals surface area contributed by atoms with E-state index in [2.05, 4.69) is 15.9 Å². The van der Waals surface area contributed by atoms with Gasteiger partial charge in [0.05, 0.1) is 0 Å². The SMILES string of the molecule is Nc1ccc(C(=O)N2CCCCC2)cc1SCCCBr. The van der Waals surface area contributed by atoms with Crippen molar-refractivity contribution < 1.29 is 4.79 Å². The molecule has 1 aromatic carbocycles. The highest BCUT2D eigenvalue weighted by Gasteiger charge is 2.18. The number of halogens is 1. The minimum atomic E-state index is 0.145. The molecule has 2 rings (SSSR count). The summed E-state index contributed by atoms with van der Waals surface area (Å²) in [5.74, 6) is 1.16. The maximum atomic E-state index is 12.5. The summed E-state index contributed by atoms with van der Waals surface area (Å²) in [6.07, 6.45) is 4.56. The summed E-state index contributed by atoms with van der Waals surface area (Å²) in [5.41, 5.74) is 7.52. The molecule has 0 aromatic heterocycles. The minimum Gasteiger partial charge on any atom is -0.398 e. The number of alkyl halides is 1. The molecular formula is C15H21BrN2OS. The molecule has 0 unspecified atom stereocenters. The molecule has 0 bridgehead atoms. The van der Waals surface area contributed by atoms with Crippen LogP contribution in [0.3, 0.4) is 0 Å². The topological polar surface area (TPSA) is 46.3 Å². The summed E-state index contributed by atoms with van der Waals surface area (Å²) in [7, 11) is 0. The number of piperidine rings is 1. The number of amides is 1. The third-order valence-electron chi connectivity index (χ3n) is 3.44. The van der Waals surface area contributed by atoms with Crippen molar-refractivity contribution in [3.8, 4) is 0 Å². The van der Waals surface area contributed by atoms with Gasteiger partial charge in [-0.05, 0) is 49.6 Å². The van der Waals surface area contributed by atoms with E-state index >= 15 is 0 Å². The fraction of sp³-hybridized carbons (Fsp3) is 0.533. The van der Waals surface area contributed by atoms with Gasteiger partial charge in [-0.15, -0.1) is 11.8 Å². The first-order valence-electron chi connectivity index (χ1n) is 7.10. The highest BCUT2D eigenvalue weighted by atomic mass is 79.9. The predicted molar refractivity (Wildman–Crippen MR) is 89.7 cm³/mol. The zero-order chi connectivity index (χ0) is 14.4. The molecule has 0 radical (unpaired) electrons. The maximum Gasteiger partial charge on any atom is 0.253 e. The number of nitrogens with zero attached hydrogens (tertiary/aromatic N) is 1. The van der Waals surface area contributed by atoms with Crippen LogP contribution in [0.15, 0.2) is 23.1 Å². The number of hydrogen-bond donors (Lipinski definition) is 1. The average molecular weight is 357 g/mol. The summed E-state index contributed by atoms with van der Waals surface area (Å²) in [4.78, 5) is 15.4. The van der Waals surface area contributed by atoms with Gasteiger partial charge in [-0.25, -0.2) is 0 Å². The van der Waals surface area contributed by atoms with Crippen LogP contribution in [0.4, 0.5) is 5.69 Å². The first-order chi connectivity index (χ1) is 9.72. The molecule has 2 N–H and O–H groups in total. The molecule has 0 spiro atoms. The smallest absolute Gasteiger partial charge is 0.253 e. The van der Waals surface area contributed by atoms with Crippen LogP contribution in [0.2, 0.25) is 0 Å². The average Bonchev–Trinajstić information content (AvgIpc) is 2.49. The second-order valence-corrected chi connectivity index (χ2v) is 6.93. The fourth-order valence-electron chi connectivity index (χ4n) is 2.31. The Morgan fingerprint density at radius 2 is 2.05 bits per heavy atom. The van der Waals surface area contributed by atoms with E-state index in [1.165, 1.54) is 6.42 Å². The van der Waals surface area contributed by atoms with E-state index in [1.807, 2.05) is 23.1 Å². The lowest BCUT2D eigenvalue weighted by atomic mass is 10.1. The van der Waals surface area contributed by atoms with Crippen molar-refractivity contribution in [2.45, 2.75) is 30.6 Å². The Kier molecular flexibility index (Phi) is 6.23. The summed E-state index contributed by atoms with van der Waals surface area (Å²) >= 11 is 5.15. The molecule has 5 heteroatoms. The van der Waals surface area contributed by atoms with Gasteiger partial charge in [0.25, 0.3) is 5.91 Å². The van der Waals surface area contributed by atoms with E-state index in [4.69, 9.17) is 5.73 Å². The summed E-state index contributed by atoms with van der Waals surface area (Å²) in [6, 6.07) is 5.65. The number of benzene rings is 1. The van der Waals surface area contributed by atoms with Gasteiger partial charge in [-0.1, -0.05) is 15.9 Å². The number of hydrogen-bond acceptors (Lipinski definition) is 3. The monoisotopic (exact) mass is 356 g/mol. The number of anilines is 1. The molecular weight excluding hydrogens is 336 g/mol. The fourth-order valence-corrected chi connectivity index (χ4v) is 3.91. The van der Waals surface area contributed by atoms with Crippen LogP contribution in [0.5, 0.6) is 0 Å². The molecule has 0 aliphatic carbocycles. The molecule has 1 amide bonds. The Morgan fingerprint density at radius 1 is 1.30 bits per heavy atom. The molecule has 1 aliphatic heterocycles. The van der Waals surface area contributed by atoms with Gasteiger partial charge in [0.2, 0.25) is 0 Å². The van der Waals surface area contributed by atoms with E-state index in [-0.39, 0.29) is 5.91 Å². The number of nitrogens with two attached hydrogens (primary N) is 1. The van der Waals surface area contributed by atoms with Crippen molar-refractivity contribution >= 4 is 39.3 Å². The molecule has 3 nitrogen and oxygen atoms in total. The number of thioether (sulfide) groups is 1. The quantitative estimate of drug-likeness (QED) is 0.378. The summed E-state index contributed by atoms with van der Waals surface area (Å²) in [6.45, 7) is 1.77. The molecule has 110 valence electrons. The van der Waals surface area contributed by atoms with E-state index in [0.29, 0.717) is 0 Å². The van der Waals surface area contributed by atoms with Crippen LogP contribution < -0.4 is 5.73 Å². The number of carbonyl (C=O) groups is 1. The third kappa shape index (κ3) is 4.16. The van der Waals surface area contributed by atoms with Gasteiger partial charge in [0.1, 0.15) is 0 Å². The Hall–Kier alpha value is -0.680. The predicted octanol–water partition coefficient (Wildman–Crippen LogP) is 3.77. The van der Waals surface area contributed by atoms with Crippen LogP contribution >= 0.6 is 27.7 Å². The standard InChI is InChI=1S/C15H21BrN2OS/c16-7-4-10-20-14-11-12(5-6-13(14)17)15(19)18-8-2-1-3-9-18/h5-6,11H,1-4,7-10,17H2. The molecule has 1 aliphatic rings.